The van der Waals surface area contributed by atoms with Crippen LogP contribution in [0.4, 0.5) is 0 Å². The Morgan fingerprint density at radius 2 is 1.50 bits per heavy atom. The molecule has 22 heavy (non-hydrogen) atoms. The minimum Gasteiger partial charge on any atom is -0.478 e. The first-order valence-electron chi connectivity index (χ1n) is 6.79. The molecule has 0 aliphatic carbocycles. The number of rotatable bonds is 5. The number of carboxylic acids is 1. The minimum atomic E-state index is -1.01. The van der Waals surface area contributed by atoms with Crippen molar-refractivity contribution in [2.45, 2.75) is 6.92 Å². The average molecular weight is 292 g/mol. The number of carbonyl (C=O) groups excluding carboxylic acids is 1. The molecule has 2 aromatic carbocycles. The molecule has 110 valence electrons. The van der Waals surface area contributed by atoms with Crippen LogP contribution in [0, 0.1) is 6.92 Å². The van der Waals surface area contributed by atoms with E-state index in [-0.39, 0.29) is 5.78 Å². The molecule has 0 radical (unpaired) electrons. The van der Waals surface area contributed by atoms with Crippen LogP contribution in [-0.2, 0) is 4.79 Å². The highest BCUT2D eigenvalue weighted by atomic mass is 16.4. The number of hydrogen-bond acceptors (Lipinski definition) is 2. The van der Waals surface area contributed by atoms with Gasteiger partial charge in [0.15, 0.2) is 5.78 Å². The molecule has 0 aliphatic heterocycles. The summed E-state index contributed by atoms with van der Waals surface area (Å²) in [5.41, 5.74) is 3.61. The standard InChI is InChI=1S/C19H16O3/c1-13-3-8-16(9-4-13)14(2)19(22)17-10-5-15(6-11-17)7-12-18(20)21/h3-12H,2H2,1H3,(H,20,21). The van der Waals surface area contributed by atoms with Crippen molar-refractivity contribution in [2.24, 2.45) is 0 Å². The van der Waals surface area contributed by atoms with Crippen molar-refractivity contribution < 1.29 is 14.7 Å². The number of carboxylic acid groups (broad SMARTS) is 1. The Morgan fingerprint density at radius 1 is 0.955 bits per heavy atom. The van der Waals surface area contributed by atoms with E-state index in [1.807, 2.05) is 31.2 Å². The second-order valence-electron chi connectivity index (χ2n) is 4.97. The molecular formula is C19H16O3. The molecule has 0 saturated carbocycles. The quantitative estimate of drug-likeness (QED) is 0.669. The van der Waals surface area contributed by atoms with E-state index in [1.165, 1.54) is 6.08 Å². The van der Waals surface area contributed by atoms with Gasteiger partial charge >= 0.3 is 5.97 Å². The lowest BCUT2D eigenvalue weighted by atomic mass is 9.97. The Hall–Kier alpha value is -2.94. The van der Waals surface area contributed by atoms with E-state index < -0.39 is 5.97 Å². The third-order valence-corrected chi connectivity index (χ3v) is 3.27. The summed E-state index contributed by atoms with van der Waals surface area (Å²) in [6.07, 6.45) is 2.54. The molecule has 0 bridgehead atoms. The highest BCUT2D eigenvalue weighted by molar-refractivity contribution is 6.28. The molecule has 2 rings (SSSR count). The highest BCUT2D eigenvalue weighted by Crippen LogP contribution is 2.19. The van der Waals surface area contributed by atoms with E-state index in [0.29, 0.717) is 11.1 Å². The molecule has 0 spiro atoms. The van der Waals surface area contributed by atoms with E-state index in [9.17, 15) is 9.59 Å². The molecule has 3 heteroatoms. The summed E-state index contributed by atoms with van der Waals surface area (Å²) < 4.78 is 0. The van der Waals surface area contributed by atoms with Crippen molar-refractivity contribution in [3.63, 3.8) is 0 Å². The fourth-order valence-corrected chi connectivity index (χ4v) is 1.97. The summed E-state index contributed by atoms with van der Waals surface area (Å²) in [7, 11) is 0. The molecular weight excluding hydrogens is 276 g/mol. The molecule has 0 aliphatic rings. The van der Waals surface area contributed by atoms with Gasteiger partial charge in [0.25, 0.3) is 0 Å². The van der Waals surface area contributed by atoms with Gasteiger partial charge in [-0.1, -0.05) is 60.7 Å². The molecule has 0 fully saturated rings. The fourth-order valence-electron chi connectivity index (χ4n) is 1.97. The SMILES string of the molecule is C=C(C(=O)c1ccc(C=CC(=O)O)cc1)c1ccc(C)cc1. The normalized spacial score (nSPS) is 10.6. The van der Waals surface area contributed by atoms with Gasteiger partial charge in [-0.15, -0.1) is 0 Å². The van der Waals surface area contributed by atoms with Gasteiger partial charge in [0.1, 0.15) is 0 Å². The number of carbonyl (C=O) groups is 2. The van der Waals surface area contributed by atoms with Crippen molar-refractivity contribution in [3.8, 4) is 0 Å². The van der Waals surface area contributed by atoms with Gasteiger partial charge in [-0.05, 0) is 24.1 Å². The average Bonchev–Trinajstić information content (AvgIpc) is 2.53. The number of aryl methyl sites for hydroxylation is 1. The van der Waals surface area contributed by atoms with Crippen LogP contribution in [0.2, 0.25) is 0 Å². The van der Waals surface area contributed by atoms with Gasteiger partial charge in [-0.3, -0.25) is 4.79 Å². The van der Waals surface area contributed by atoms with Gasteiger partial charge < -0.3 is 5.11 Å². The van der Waals surface area contributed by atoms with Crippen LogP contribution in [0.3, 0.4) is 0 Å². The van der Waals surface area contributed by atoms with Crippen molar-refractivity contribution in [1.82, 2.24) is 0 Å². The van der Waals surface area contributed by atoms with Crippen molar-refractivity contribution in [1.29, 1.82) is 0 Å². The van der Waals surface area contributed by atoms with Gasteiger partial charge in [0.05, 0.1) is 0 Å². The first-order valence-corrected chi connectivity index (χ1v) is 6.79. The van der Waals surface area contributed by atoms with Crippen LogP contribution in [0.15, 0.2) is 61.2 Å². The fraction of sp³-hybridized carbons (Fsp3) is 0.0526. The molecule has 2 aromatic rings. The lowest BCUT2D eigenvalue weighted by Gasteiger charge is -2.06. The topological polar surface area (TPSA) is 54.4 Å². The molecule has 0 aromatic heterocycles. The third-order valence-electron chi connectivity index (χ3n) is 3.27. The van der Waals surface area contributed by atoms with E-state index in [4.69, 9.17) is 5.11 Å². The van der Waals surface area contributed by atoms with Gasteiger partial charge in [0.2, 0.25) is 0 Å². The van der Waals surface area contributed by atoms with E-state index >= 15 is 0 Å². The molecule has 0 heterocycles. The summed E-state index contributed by atoms with van der Waals surface area (Å²) in [5, 5.41) is 8.58. The molecule has 1 N–H and O–H groups in total. The second kappa shape index (κ2) is 6.68. The first-order chi connectivity index (χ1) is 10.5. The number of ketones is 1. The van der Waals surface area contributed by atoms with E-state index in [0.717, 1.165) is 22.8 Å². The van der Waals surface area contributed by atoms with E-state index in [1.54, 1.807) is 24.3 Å². The number of aliphatic carboxylic acids is 1. The number of Topliss-reactive ketones (excluding diaryl/α,β-unsaturated/α-hetero) is 1. The number of allylic oxidation sites excluding steroid dienone is 1. The largest absolute Gasteiger partial charge is 0.478 e. The minimum absolute atomic E-state index is 0.141. The maximum absolute atomic E-state index is 12.4. The van der Waals surface area contributed by atoms with Gasteiger partial charge in [-0.2, -0.15) is 0 Å². The zero-order valence-corrected chi connectivity index (χ0v) is 12.2. The lowest BCUT2D eigenvalue weighted by molar-refractivity contribution is -0.131. The predicted octanol–water partition coefficient (Wildman–Crippen LogP) is 3.99. The highest BCUT2D eigenvalue weighted by Gasteiger charge is 2.11. The maximum atomic E-state index is 12.4. The summed E-state index contributed by atoms with van der Waals surface area (Å²) in [6.45, 7) is 5.86. The van der Waals surface area contributed by atoms with E-state index in [2.05, 4.69) is 6.58 Å². The Morgan fingerprint density at radius 3 is 2.05 bits per heavy atom. The van der Waals surface area contributed by atoms with Crippen molar-refractivity contribution >= 4 is 23.4 Å². The maximum Gasteiger partial charge on any atom is 0.328 e. The third kappa shape index (κ3) is 3.79. The summed E-state index contributed by atoms with van der Waals surface area (Å²) >= 11 is 0. The van der Waals surface area contributed by atoms with Gasteiger partial charge in [-0.25, -0.2) is 4.79 Å². The molecule has 0 unspecified atom stereocenters. The Labute approximate surface area is 129 Å². The predicted molar refractivity (Wildman–Crippen MR) is 87.7 cm³/mol. The monoisotopic (exact) mass is 292 g/mol. The van der Waals surface area contributed by atoms with Crippen LogP contribution in [-0.4, -0.2) is 16.9 Å². The summed E-state index contributed by atoms with van der Waals surface area (Å²) in [6, 6.07) is 14.4. The summed E-state index contributed by atoms with van der Waals surface area (Å²) in [4.78, 5) is 22.9. The molecule has 0 amide bonds. The zero-order chi connectivity index (χ0) is 16.1. The Bertz CT molecular complexity index is 735. The van der Waals surface area contributed by atoms with Crippen LogP contribution >= 0.6 is 0 Å². The lowest BCUT2D eigenvalue weighted by Crippen LogP contribution is -2.01. The Balaban J connectivity index is 2.17. The zero-order valence-electron chi connectivity index (χ0n) is 12.2. The first kappa shape index (κ1) is 15.4. The molecule has 0 atom stereocenters. The number of benzene rings is 2. The van der Waals surface area contributed by atoms with Crippen molar-refractivity contribution in [2.75, 3.05) is 0 Å². The van der Waals surface area contributed by atoms with Crippen molar-refractivity contribution in [3.05, 3.63) is 83.4 Å². The van der Waals surface area contributed by atoms with Crippen LogP contribution in [0.25, 0.3) is 11.6 Å². The molecule has 0 saturated heterocycles. The van der Waals surface area contributed by atoms with Crippen LogP contribution < -0.4 is 0 Å². The number of hydrogen-bond donors (Lipinski definition) is 1. The summed E-state index contributed by atoms with van der Waals surface area (Å²) in [5.74, 6) is -1.15. The van der Waals surface area contributed by atoms with Gasteiger partial charge in [0, 0.05) is 17.2 Å². The van der Waals surface area contributed by atoms with Crippen LogP contribution in [0.1, 0.15) is 27.0 Å². The Kier molecular flexibility index (Phi) is 4.69. The molecule has 3 nitrogen and oxygen atoms in total. The second-order valence-corrected chi connectivity index (χ2v) is 4.97. The smallest absolute Gasteiger partial charge is 0.328 e. The van der Waals surface area contributed by atoms with Crippen LogP contribution in [0.5, 0.6) is 0 Å².